The van der Waals surface area contributed by atoms with Gasteiger partial charge in [0, 0.05) is 24.7 Å². The molecule has 1 aromatic carbocycles. The molecule has 0 bridgehead atoms. The van der Waals surface area contributed by atoms with Crippen LogP contribution in [-0.4, -0.2) is 46.9 Å². The van der Waals surface area contributed by atoms with Crippen molar-refractivity contribution >= 4 is 5.97 Å². The zero-order valence-electron chi connectivity index (χ0n) is 11.7. The van der Waals surface area contributed by atoms with Gasteiger partial charge >= 0.3 is 5.97 Å². The van der Waals surface area contributed by atoms with Crippen molar-refractivity contribution in [3.05, 3.63) is 29.8 Å². The number of hydrogen-bond acceptors (Lipinski definition) is 4. The lowest BCUT2D eigenvalue weighted by Crippen LogP contribution is -2.39. The molecule has 110 valence electrons. The van der Waals surface area contributed by atoms with Crippen molar-refractivity contribution in [2.75, 3.05) is 19.7 Å². The molecule has 5 nitrogen and oxygen atoms in total. The number of hydrogen-bond donors (Lipinski definition) is 2. The van der Waals surface area contributed by atoms with Crippen molar-refractivity contribution < 1.29 is 19.7 Å². The van der Waals surface area contributed by atoms with Gasteiger partial charge < -0.3 is 14.9 Å². The molecule has 0 radical (unpaired) electrons. The van der Waals surface area contributed by atoms with E-state index in [2.05, 4.69) is 11.8 Å². The maximum atomic E-state index is 10.5. The molecule has 1 unspecified atom stereocenters. The summed E-state index contributed by atoms with van der Waals surface area (Å²) >= 11 is 0. The van der Waals surface area contributed by atoms with E-state index in [4.69, 9.17) is 9.84 Å². The van der Waals surface area contributed by atoms with Crippen LogP contribution < -0.4 is 0 Å². The molecule has 1 aliphatic rings. The fourth-order valence-corrected chi connectivity index (χ4v) is 2.66. The Hall–Kier alpha value is -1.59. The first kappa shape index (κ1) is 14.8. The topological polar surface area (TPSA) is 70.0 Å². The number of carbonyl (C=O) groups is 1. The van der Waals surface area contributed by atoms with Gasteiger partial charge in [0.1, 0.15) is 12.4 Å². The average molecular weight is 279 g/mol. The predicted octanol–water partition coefficient (Wildman–Crippen LogP) is 2.02. The van der Waals surface area contributed by atoms with Crippen LogP contribution >= 0.6 is 0 Å². The molecule has 1 fully saturated rings. The van der Waals surface area contributed by atoms with Gasteiger partial charge in [-0.25, -0.2) is 4.79 Å². The maximum Gasteiger partial charge on any atom is 0.329 e. The largest absolute Gasteiger partial charge is 0.508 e. The SMILES string of the molecule is CC(c1ccccc1O)N1CCC(OCC(=O)O)CC1. The highest BCUT2D eigenvalue weighted by Gasteiger charge is 2.25. The fourth-order valence-electron chi connectivity index (χ4n) is 2.66. The summed E-state index contributed by atoms with van der Waals surface area (Å²) in [6, 6.07) is 7.53. The molecule has 1 aromatic rings. The number of para-hydroxylation sites is 1. The summed E-state index contributed by atoms with van der Waals surface area (Å²) in [6.07, 6.45) is 1.68. The lowest BCUT2D eigenvalue weighted by Gasteiger charge is -2.36. The van der Waals surface area contributed by atoms with Crippen LogP contribution in [0.15, 0.2) is 24.3 Å². The third-order valence-electron chi connectivity index (χ3n) is 3.85. The van der Waals surface area contributed by atoms with Crippen LogP contribution in [0.2, 0.25) is 0 Å². The quantitative estimate of drug-likeness (QED) is 0.863. The lowest BCUT2D eigenvalue weighted by atomic mass is 10.0. The molecular weight excluding hydrogens is 258 g/mol. The van der Waals surface area contributed by atoms with Crippen molar-refractivity contribution in [3.63, 3.8) is 0 Å². The van der Waals surface area contributed by atoms with E-state index in [0.29, 0.717) is 5.75 Å². The fraction of sp³-hybridized carbons (Fsp3) is 0.533. The van der Waals surface area contributed by atoms with E-state index in [1.807, 2.05) is 18.2 Å². The van der Waals surface area contributed by atoms with Crippen LogP contribution in [-0.2, 0) is 9.53 Å². The molecule has 2 N–H and O–H groups in total. The summed E-state index contributed by atoms with van der Waals surface area (Å²) in [5.41, 5.74) is 0.928. The zero-order valence-corrected chi connectivity index (χ0v) is 11.7. The van der Waals surface area contributed by atoms with Gasteiger partial charge in [-0.3, -0.25) is 4.90 Å². The molecule has 20 heavy (non-hydrogen) atoms. The molecule has 2 rings (SSSR count). The summed E-state index contributed by atoms with van der Waals surface area (Å²) in [6.45, 7) is 3.55. The van der Waals surface area contributed by atoms with Gasteiger partial charge in [-0.2, -0.15) is 0 Å². The van der Waals surface area contributed by atoms with Crippen LogP contribution in [0.5, 0.6) is 5.75 Å². The first-order valence-corrected chi connectivity index (χ1v) is 6.93. The van der Waals surface area contributed by atoms with Gasteiger partial charge in [0.15, 0.2) is 0 Å². The van der Waals surface area contributed by atoms with E-state index in [9.17, 15) is 9.90 Å². The van der Waals surface area contributed by atoms with E-state index >= 15 is 0 Å². The molecule has 0 aromatic heterocycles. The molecule has 0 amide bonds. The van der Waals surface area contributed by atoms with Gasteiger partial charge in [0.25, 0.3) is 0 Å². The molecule has 1 atom stereocenters. The second-order valence-electron chi connectivity index (χ2n) is 5.17. The minimum absolute atomic E-state index is 0.0268. The molecule has 1 saturated heterocycles. The van der Waals surface area contributed by atoms with Crippen molar-refractivity contribution in [2.24, 2.45) is 0 Å². The van der Waals surface area contributed by atoms with Crippen LogP contribution in [0.4, 0.5) is 0 Å². The normalized spacial score (nSPS) is 18.9. The molecule has 0 aliphatic carbocycles. The second-order valence-corrected chi connectivity index (χ2v) is 5.17. The van der Waals surface area contributed by atoms with Gasteiger partial charge in [-0.1, -0.05) is 18.2 Å². The zero-order chi connectivity index (χ0) is 14.5. The number of aromatic hydroxyl groups is 1. The number of rotatable bonds is 5. The number of carboxylic acids is 1. The molecule has 0 saturated carbocycles. The Labute approximate surface area is 118 Å². The van der Waals surface area contributed by atoms with E-state index in [0.717, 1.165) is 31.5 Å². The highest BCUT2D eigenvalue weighted by Crippen LogP contribution is 2.30. The highest BCUT2D eigenvalue weighted by molar-refractivity contribution is 5.68. The van der Waals surface area contributed by atoms with Gasteiger partial charge in [0.2, 0.25) is 0 Å². The summed E-state index contributed by atoms with van der Waals surface area (Å²) < 4.78 is 5.33. The Morgan fingerprint density at radius 1 is 1.40 bits per heavy atom. The smallest absolute Gasteiger partial charge is 0.329 e. The third kappa shape index (κ3) is 3.71. The van der Waals surface area contributed by atoms with Crippen molar-refractivity contribution in [1.82, 2.24) is 4.90 Å². The molecule has 1 heterocycles. The Kier molecular flexibility index (Phi) is 4.98. The number of aliphatic carboxylic acids is 1. The van der Waals surface area contributed by atoms with Gasteiger partial charge in [-0.15, -0.1) is 0 Å². The average Bonchev–Trinajstić information content (AvgIpc) is 2.45. The number of piperidine rings is 1. The van der Waals surface area contributed by atoms with Crippen molar-refractivity contribution in [2.45, 2.75) is 31.9 Å². The highest BCUT2D eigenvalue weighted by atomic mass is 16.5. The number of phenols is 1. The lowest BCUT2D eigenvalue weighted by molar-refractivity contribution is -0.145. The van der Waals surface area contributed by atoms with Gasteiger partial charge in [0.05, 0.1) is 6.10 Å². The molecule has 5 heteroatoms. The van der Waals surface area contributed by atoms with E-state index in [1.165, 1.54) is 0 Å². The number of likely N-dealkylation sites (tertiary alicyclic amines) is 1. The molecular formula is C15H21NO4. The Morgan fingerprint density at radius 2 is 2.05 bits per heavy atom. The van der Waals surface area contributed by atoms with E-state index < -0.39 is 5.97 Å². The molecule has 1 aliphatic heterocycles. The molecule has 0 spiro atoms. The maximum absolute atomic E-state index is 10.5. The minimum Gasteiger partial charge on any atom is -0.508 e. The van der Waals surface area contributed by atoms with Crippen LogP contribution in [0.1, 0.15) is 31.4 Å². The summed E-state index contributed by atoms with van der Waals surface area (Å²) in [7, 11) is 0. The van der Waals surface area contributed by atoms with Gasteiger partial charge in [-0.05, 0) is 25.8 Å². The Bertz CT molecular complexity index is 455. The first-order valence-electron chi connectivity index (χ1n) is 6.93. The van der Waals surface area contributed by atoms with Crippen molar-refractivity contribution in [3.8, 4) is 5.75 Å². The number of ether oxygens (including phenoxy) is 1. The standard InChI is InChI=1S/C15H21NO4/c1-11(13-4-2-3-5-14(13)17)16-8-6-12(7-9-16)20-10-15(18)19/h2-5,11-12,17H,6-10H2,1H3,(H,18,19). The third-order valence-corrected chi connectivity index (χ3v) is 3.85. The Morgan fingerprint density at radius 3 is 2.65 bits per heavy atom. The number of phenolic OH excluding ortho intramolecular Hbond substituents is 1. The minimum atomic E-state index is -0.921. The first-order chi connectivity index (χ1) is 9.58. The number of carboxylic acid groups (broad SMARTS) is 1. The van der Waals surface area contributed by atoms with Crippen LogP contribution in [0, 0.1) is 0 Å². The summed E-state index contributed by atoms with van der Waals surface area (Å²) in [5.74, 6) is -0.598. The number of nitrogens with zero attached hydrogens (tertiary/aromatic N) is 1. The van der Waals surface area contributed by atoms with E-state index in [-0.39, 0.29) is 18.8 Å². The number of benzene rings is 1. The van der Waals surface area contributed by atoms with Crippen LogP contribution in [0.25, 0.3) is 0 Å². The van der Waals surface area contributed by atoms with E-state index in [1.54, 1.807) is 6.07 Å². The Balaban J connectivity index is 1.87. The summed E-state index contributed by atoms with van der Waals surface area (Å²) in [5, 5.41) is 18.5. The second kappa shape index (κ2) is 6.72. The van der Waals surface area contributed by atoms with Crippen LogP contribution in [0.3, 0.4) is 0 Å². The summed E-state index contributed by atoms with van der Waals surface area (Å²) in [4.78, 5) is 12.8. The predicted molar refractivity (Wildman–Crippen MR) is 74.7 cm³/mol. The monoisotopic (exact) mass is 279 g/mol. The van der Waals surface area contributed by atoms with Crippen molar-refractivity contribution in [1.29, 1.82) is 0 Å².